The van der Waals surface area contributed by atoms with E-state index in [0.29, 0.717) is 19.3 Å². The predicted molar refractivity (Wildman–Crippen MR) is 55.9 cm³/mol. The first kappa shape index (κ1) is 12.9. The van der Waals surface area contributed by atoms with Crippen LogP contribution in [-0.4, -0.2) is 30.8 Å². The Balaban J connectivity index is 2.59. The molecule has 0 heterocycles. The fraction of sp³-hybridized carbons (Fsp3) is 0.778. The van der Waals surface area contributed by atoms with Crippen LogP contribution in [0.15, 0.2) is 0 Å². The van der Waals surface area contributed by atoms with Crippen LogP contribution < -0.4 is 4.72 Å². The Kier molecular flexibility index (Phi) is 3.88. The molecule has 1 unspecified atom stereocenters. The molecule has 0 amide bonds. The van der Waals surface area contributed by atoms with Crippen LogP contribution in [0.2, 0.25) is 0 Å². The first-order chi connectivity index (χ1) is 7.36. The highest BCUT2D eigenvalue weighted by Crippen LogP contribution is 2.26. The summed E-state index contributed by atoms with van der Waals surface area (Å²) in [7, 11) is -3.65. The van der Waals surface area contributed by atoms with Gasteiger partial charge in [-0.3, -0.25) is 4.79 Å². The average molecular weight is 246 g/mol. The van der Waals surface area contributed by atoms with Crippen molar-refractivity contribution in [1.29, 1.82) is 5.26 Å². The van der Waals surface area contributed by atoms with Gasteiger partial charge in [0.15, 0.2) is 5.25 Å². The number of carboxylic acids is 1. The molecule has 1 rings (SSSR count). The zero-order valence-electron chi connectivity index (χ0n) is 8.88. The van der Waals surface area contributed by atoms with Crippen LogP contribution in [0.4, 0.5) is 0 Å². The van der Waals surface area contributed by atoms with Crippen molar-refractivity contribution in [3.05, 3.63) is 0 Å². The highest BCUT2D eigenvalue weighted by Gasteiger charge is 2.33. The Morgan fingerprint density at radius 1 is 1.56 bits per heavy atom. The van der Waals surface area contributed by atoms with Crippen molar-refractivity contribution in [2.75, 3.05) is 0 Å². The van der Waals surface area contributed by atoms with Gasteiger partial charge in [-0.1, -0.05) is 0 Å². The van der Waals surface area contributed by atoms with Crippen LogP contribution in [-0.2, 0) is 14.8 Å². The van der Waals surface area contributed by atoms with Gasteiger partial charge in [-0.05, 0) is 26.2 Å². The Hall–Kier alpha value is -1.13. The standard InChI is InChI=1S/C9H14N2O4S/c1-6(5-10)16(14,15)11-8-3-2-7(4-8)9(12)13/h6-8,11H,2-4H2,1H3,(H,12,13)/t6?,7-,8+/m1/s1. The monoisotopic (exact) mass is 246 g/mol. The second-order valence-electron chi connectivity index (χ2n) is 3.98. The summed E-state index contributed by atoms with van der Waals surface area (Å²) in [4.78, 5) is 10.7. The van der Waals surface area contributed by atoms with Crippen molar-refractivity contribution in [3.8, 4) is 6.07 Å². The number of rotatable bonds is 4. The van der Waals surface area contributed by atoms with Gasteiger partial charge in [0.1, 0.15) is 0 Å². The van der Waals surface area contributed by atoms with Gasteiger partial charge in [0, 0.05) is 6.04 Å². The molecule has 6 nitrogen and oxygen atoms in total. The molecule has 0 aromatic carbocycles. The van der Waals surface area contributed by atoms with Crippen LogP contribution in [0, 0.1) is 17.2 Å². The SMILES string of the molecule is CC(C#N)S(=O)(=O)N[C@H]1CC[C@@H](C(=O)O)C1. The van der Waals surface area contributed by atoms with Gasteiger partial charge < -0.3 is 5.11 Å². The molecule has 16 heavy (non-hydrogen) atoms. The molecular weight excluding hydrogens is 232 g/mol. The molecule has 0 saturated heterocycles. The van der Waals surface area contributed by atoms with E-state index < -0.39 is 27.2 Å². The fourth-order valence-corrected chi connectivity index (χ4v) is 2.74. The summed E-state index contributed by atoms with van der Waals surface area (Å²) in [6, 6.07) is 1.29. The number of carbonyl (C=O) groups is 1. The van der Waals surface area contributed by atoms with Gasteiger partial charge in [0.2, 0.25) is 10.0 Å². The molecule has 2 N–H and O–H groups in total. The van der Waals surface area contributed by atoms with Crippen molar-refractivity contribution in [1.82, 2.24) is 4.72 Å². The molecular formula is C9H14N2O4S. The molecule has 0 aromatic heterocycles. The zero-order chi connectivity index (χ0) is 12.3. The minimum Gasteiger partial charge on any atom is -0.481 e. The lowest BCUT2D eigenvalue weighted by molar-refractivity contribution is -0.141. The Morgan fingerprint density at radius 2 is 2.19 bits per heavy atom. The van der Waals surface area contributed by atoms with E-state index in [4.69, 9.17) is 10.4 Å². The summed E-state index contributed by atoms with van der Waals surface area (Å²) in [5.74, 6) is -1.37. The van der Waals surface area contributed by atoms with Gasteiger partial charge in [0.25, 0.3) is 0 Å². The second-order valence-corrected chi connectivity index (χ2v) is 6.01. The molecule has 1 aliphatic carbocycles. The quantitative estimate of drug-likeness (QED) is 0.730. The predicted octanol–water partition coefficient (Wildman–Crippen LogP) is 0.0712. The highest BCUT2D eigenvalue weighted by atomic mass is 32.2. The molecule has 0 aromatic rings. The maximum atomic E-state index is 11.5. The molecule has 1 saturated carbocycles. The van der Waals surface area contributed by atoms with Crippen LogP contribution >= 0.6 is 0 Å². The normalized spacial score (nSPS) is 27.2. The third-order valence-electron chi connectivity index (χ3n) is 2.76. The highest BCUT2D eigenvalue weighted by molar-refractivity contribution is 7.90. The average Bonchev–Trinajstić information content (AvgIpc) is 2.64. The summed E-state index contributed by atoms with van der Waals surface area (Å²) in [6.07, 6.45) is 1.28. The van der Waals surface area contributed by atoms with E-state index in [2.05, 4.69) is 4.72 Å². The number of nitrogens with zero attached hydrogens (tertiary/aromatic N) is 1. The second kappa shape index (κ2) is 4.80. The fourth-order valence-electron chi connectivity index (χ4n) is 1.72. The smallest absolute Gasteiger partial charge is 0.306 e. The number of hydrogen-bond acceptors (Lipinski definition) is 4. The van der Waals surface area contributed by atoms with Gasteiger partial charge in [-0.25, -0.2) is 13.1 Å². The number of nitriles is 1. The molecule has 3 atom stereocenters. The van der Waals surface area contributed by atoms with Crippen LogP contribution in [0.3, 0.4) is 0 Å². The van der Waals surface area contributed by atoms with E-state index in [-0.39, 0.29) is 6.04 Å². The van der Waals surface area contributed by atoms with Crippen molar-refractivity contribution in [3.63, 3.8) is 0 Å². The largest absolute Gasteiger partial charge is 0.481 e. The molecule has 0 bridgehead atoms. The van der Waals surface area contributed by atoms with E-state index in [9.17, 15) is 13.2 Å². The van der Waals surface area contributed by atoms with Gasteiger partial charge >= 0.3 is 5.97 Å². The lowest BCUT2D eigenvalue weighted by atomic mass is 10.1. The van der Waals surface area contributed by atoms with Gasteiger partial charge in [0.05, 0.1) is 12.0 Å². The molecule has 1 fully saturated rings. The minimum atomic E-state index is -3.65. The first-order valence-corrected chi connectivity index (χ1v) is 6.55. The molecule has 0 radical (unpaired) electrons. The van der Waals surface area contributed by atoms with Gasteiger partial charge in [-0.15, -0.1) is 0 Å². The molecule has 90 valence electrons. The Bertz CT molecular complexity index is 412. The van der Waals surface area contributed by atoms with Crippen molar-refractivity contribution in [2.45, 2.75) is 37.5 Å². The van der Waals surface area contributed by atoms with Crippen molar-refractivity contribution >= 4 is 16.0 Å². The molecule has 1 aliphatic rings. The molecule has 0 aliphatic heterocycles. The maximum absolute atomic E-state index is 11.5. The molecule has 7 heteroatoms. The topological polar surface area (TPSA) is 107 Å². The van der Waals surface area contributed by atoms with E-state index in [1.54, 1.807) is 6.07 Å². The van der Waals surface area contributed by atoms with E-state index in [0.717, 1.165) is 0 Å². The number of nitrogens with one attached hydrogen (secondary N) is 1. The Labute approximate surface area is 94.3 Å². The van der Waals surface area contributed by atoms with Crippen LogP contribution in [0.1, 0.15) is 26.2 Å². The minimum absolute atomic E-state index is 0.298. The lowest BCUT2D eigenvalue weighted by Crippen LogP contribution is -2.38. The first-order valence-electron chi connectivity index (χ1n) is 5.00. The van der Waals surface area contributed by atoms with E-state index in [1.165, 1.54) is 6.92 Å². The summed E-state index contributed by atoms with van der Waals surface area (Å²) in [5.41, 5.74) is 0. The maximum Gasteiger partial charge on any atom is 0.306 e. The van der Waals surface area contributed by atoms with Crippen molar-refractivity contribution in [2.24, 2.45) is 5.92 Å². The summed E-state index contributed by atoms with van der Waals surface area (Å²) in [5, 5.41) is 16.2. The Morgan fingerprint density at radius 3 is 2.62 bits per heavy atom. The number of carboxylic acid groups (broad SMARTS) is 1. The van der Waals surface area contributed by atoms with Crippen LogP contribution in [0.5, 0.6) is 0 Å². The van der Waals surface area contributed by atoms with E-state index in [1.807, 2.05) is 0 Å². The van der Waals surface area contributed by atoms with E-state index >= 15 is 0 Å². The third-order valence-corrected chi connectivity index (χ3v) is 4.46. The summed E-state index contributed by atoms with van der Waals surface area (Å²) in [6.45, 7) is 1.30. The van der Waals surface area contributed by atoms with Crippen LogP contribution in [0.25, 0.3) is 0 Å². The third kappa shape index (κ3) is 2.93. The number of aliphatic carboxylic acids is 1. The zero-order valence-corrected chi connectivity index (χ0v) is 9.70. The number of hydrogen-bond donors (Lipinski definition) is 2. The summed E-state index contributed by atoms with van der Waals surface area (Å²) < 4.78 is 25.4. The summed E-state index contributed by atoms with van der Waals surface area (Å²) >= 11 is 0. The number of sulfonamides is 1. The van der Waals surface area contributed by atoms with Gasteiger partial charge in [-0.2, -0.15) is 5.26 Å². The van der Waals surface area contributed by atoms with Crippen molar-refractivity contribution < 1.29 is 18.3 Å². The molecule has 0 spiro atoms. The lowest BCUT2D eigenvalue weighted by Gasteiger charge is -2.13.